The molecule has 0 unspecified atom stereocenters. The fraction of sp³-hybridized carbons (Fsp3) is 0.471. The first-order valence-corrected chi connectivity index (χ1v) is 7.48. The highest BCUT2D eigenvalue weighted by Crippen LogP contribution is 2.39. The van der Waals surface area contributed by atoms with Crippen LogP contribution in [0.3, 0.4) is 0 Å². The average molecular weight is 286 g/mol. The van der Waals surface area contributed by atoms with Crippen molar-refractivity contribution in [3.8, 4) is 11.5 Å². The van der Waals surface area contributed by atoms with Crippen LogP contribution in [-0.4, -0.2) is 25.2 Å². The number of benzene rings is 1. The number of ether oxygens (including phenoxy) is 2. The van der Waals surface area contributed by atoms with E-state index in [-0.39, 0.29) is 0 Å². The smallest absolute Gasteiger partial charge is 0.162 e. The summed E-state index contributed by atoms with van der Waals surface area (Å²) in [4.78, 5) is 4.83. The molecule has 2 aromatic rings. The van der Waals surface area contributed by atoms with Gasteiger partial charge in [0.25, 0.3) is 0 Å². The van der Waals surface area contributed by atoms with E-state index >= 15 is 0 Å². The minimum absolute atomic E-state index is 0.383. The number of fused-ring (bicyclic) bond motifs is 2. The molecule has 0 radical (unpaired) electrons. The SMILES string of the molecule is COc1cc2nc3c(c(NC(C)C)c2cc1OC)CCC3. The summed E-state index contributed by atoms with van der Waals surface area (Å²) in [6.07, 6.45) is 3.34. The molecule has 0 amide bonds. The molecule has 0 saturated carbocycles. The van der Waals surface area contributed by atoms with Crippen molar-refractivity contribution < 1.29 is 9.47 Å². The number of hydrogen-bond acceptors (Lipinski definition) is 4. The van der Waals surface area contributed by atoms with Gasteiger partial charge < -0.3 is 14.8 Å². The Morgan fingerprint density at radius 2 is 1.81 bits per heavy atom. The van der Waals surface area contributed by atoms with Gasteiger partial charge in [-0.2, -0.15) is 0 Å². The normalized spacial score (nSPS) is 13.6. The van der Waals surface area contributed by atoms with Gasteiger partial charge in [-0.15, -0.1) is 0 Å². The van der Waals surface area contributed by atoms with E-state index in [0.717, 1.165) is 35.2 Å². The minimum Gasteiger partial charge on any atom is -0.493 e. The van der Waals surface area contributed by atoms with Crippen molar-refractivity contribution >= 4 is 16.6 Å². The van der Waals surface area contributed by atoms with Gasteiger partial charge in [-0.25, -0.2) is 0 Å². The molecule has 0 saturated heterocycles. The lowest BCUT2D eigenvalue weighted by atomic mass is 10.1. The lowest BCUT2D eigenvalue weighted by Crippen LogP contribution is -2.12. The van der Waals surface area contributed by atoms with Crippen molar-refractivity contribution in [3.63, 3.8) is 0 Å². The molecule has 4 nitrogen and oxygen atoms in total. The number of nitrogens with zero attached hydrogens (tertiary/aromatic N) is 1. The Balaban J connectivity index is 2.28. The number of rotatable bonds is 4. The number of hydrogen-bond donors (Lipinski definition) is 1. The van der Waals surface area contributed by atoms with E-state index in [0.29, 0.717) is 6.04 Å². The first-order valence-electron chi connectivity index (χ1n) is 7.48. The maximum absolute atomic E-state index is 5.44. The Morgan fingerprint density at radius 1 is 1.10 bits per heavy atom. The molecule has 0 spiro atoms. The quantitative estimate of drug-likeness (QED) is 0.933. The molecule has 1 aromatic carbocycles. The van der Waals surface area contributed by atoms with Crippen LogP contribution in [0.1, 0.15) is 31.5 Å². The third-order valence-corrected chi connectivity index (χ3v) is 3.95. The fourth-order valence-electron chi connectivity index (χ4n) is 3.04. The van der Waals surface area contributed by atoms with Crippen LogP contribution in [0.25, 0.3) is 10.9 Å². The second-order valence-electron chi connectivity index (χ2n) is 5.79. The number of pyridine rings is 1. The Morgan fingerprint density at radius 3 is 2.48 bits per heavy atom. The van der Waals surface area contributed by atoms with Crippen LogP contribution < -0.4 is 14.8 Å². The summed E-state index contributed by atoms with van der Waals surface area (Å²) in [7, 11) is 3.32. The summed E-state index contributed by atoms with van der Waals surface area (Å²) in [6.45, 7) is 4.32. The van der Waals surface area contributed by atoms with Gasteiger partial charge in [0, 0.05) is 28.9 Å². The van der Waals surface area contributed by atoms with Crippen LogP contribution >= 0.6 is 0 Å². The summed E-state index contributed by atoms with van der Waals surface area (Å²) in [5.41, 5.74) is 4.76. The largest absolute Gasteiger partial charge is 0.493 e. The number of aryl methyl sites for hydroxylation is 1. The molecule has 0 aliphatic heterocycles. The molecule has 1 aliphatic carbocycles. The predicted molar refractivity (Wildman–Crippen MR) is 85.6 cm³/mol. The van der Waals surface area contributed by atoms with Crippen LogP contribution in [0.2, 0.25) is 0 Å². The summed E-state index contributed by atoms with van der Waals surface area (Å²) in [5, 5.41) is 4.71. The van der Waals surface area contributed by atoms with Crippen LogP contribution in [0.5, 0.6) is 11.5 Å². The Hall–Kier alpha value is -1.97. The molecular formula is C17H22N2O2. The number of nitrogens with one attached hydrogen (secondary N) is 1. The van der Waals surface area contributed by atoms with Crippen molar-refractivity contribution in [2.45, 2.75) is 39.2 Å². The van der Waals surface area contributed by atoms with E-state index in [1.807, 2.05) is 12.1 Å². The molecule has 3 rings (SSSR count). The van der Waals surface area contributed by atoms with Gasteiger partial charge in [-0.1, -0.05) is 0 Å². The number of aromatic nitrogens is 1. The first-order chi connectivity index (χ1) is 10.1. The van der Waals surface area contributed by atoms with Gasteiger partial charge in [0.2, 0.25) is 0 Å². The van der Waals surface area contributed by atoms with Crippen LogP contribution in [0, 0.1) is 0 Å². The van der Waals surface area contributed by atoms with Gasteiger partial charge in [0.15, 0.2) is 11.5 Å². The summed E-state index contributed by atoms with van der Waals surface area (Å²) in [6, 6.07) is 4.39. The summed E-state index contributed by atoms with van der Waals surface area (Å²) < 4.78 is 10.8. The van der Waals surface area contributed by atoms with Crippen molar-refractivity contribution in [3.05, 3.63) is 23.4 Å². The predicted octanol–water partition coefficient (Wildman–Crippen LogP) is 3.56. The maximum Gasteiger partial charge on any atom is 0.162 e. The molecule has 0 fully saturated rings. The Bertz CT molecular complexity index is 680. The molecule has 4 heteroatoms. The van der Waals surface area contributed by atoms with Gasteiger partial charge in [-0.3, -0.25) is 4.98 Å². The second kappa shape index (κ2) is 5.43. The molecule has 0 bridgehead atoms. The average Bonchev–Trinajstić information content (AvgIpc) is 2.93. The molecule has 1 aromatic heterocycles. The highest BCUT2D eigenvalue weighted by Gasteiger charge is 2.21. The minimum atomic E-state index is 0.383. The van der Waals surface area contributed by atoms with Crippen molar-refractivity contribution in [2.24, 2.45) is 0 Å². The van der Waals surface area contributed by atoms with Crippen LogP contribution in [0.4, 0.5) is 5.69 Å². The highest BCUT2D eigenvalue weighted by molar-refractivity contribution is 5.96. The zero-order valence-electron chi connectivity index (χ0n) is 13.1. The van der Waals surface area contributed by atoms with Crippen LogP contribution in [-0.2, 0) is 12.8 Å². The summed E-state index contributed by atoms with van der Waals surface area (Å²) >= 11 is 0. The van der Waals surface area contributed by atoms with Crippen molar-refractivity contribution in [1.29, 1.82) is 0 Å². The fourth-order valence-corrected chi connectivity index (χ4v) is 3.04. The monoisotopic (exact) mass is 286 g/mol. The van der Waals surface area contributed by atoms with E-state index in [2.05, 4.69) is 19.2 Å². The highest BCUT2D eigenvalue weighted by atomic mass is 16.5. The summed E-state index contributed by atoms with van der Waals surface area (Å²) in [5.74, 6) is 1.47. The van der Waals surface area contributed by atoms with Gasteiger partial charge in [0.1, 0.15) is 0 Å². The zero-order valence-corrected chi connectivity index (χ0v) is 13.1. The van der Waals surface area contributed by atoms with E-state index < -0.39 is 0 Å². The number of anilines is 1. The second-order valence-corrected chi connectivity index (χ2v) is 5.79. The van der Waals surface area contributed by atoms with Gasteiger partial charge in [-0.05, 0) is 44.7 Å². The van der Waals surface area contributed by atoms with Crippen molar-refractivity contribution in [2.75, 3.05) is 19.5 Å². The lowest BCUT2D eigenvalue weighted by Gasteiger charge is -2.18. The topological polar surface area (TPSA) is 43.4 Å². The Labute approximate surface area is 125 Å². The molecular weight excluding hydrogens is 264 g/mol. The van der Waals surface area contributed by atoms with E-state index in [1.165, 1.54) is 23.4 Å². The van der Waals surface area contributed by atoms with E-state index in [4.69, 9.17) is 14.5 Å². The Kier molecular flexibility index (Phi) is 3.62. The third kappa shape index (κ3) is 2.39. The first kappa shape index (κ1) is 14.0. The van der Waals surface area contributed by atoms with Crippen molar-refractivity contribution in [1.82, 2.24) is 4.98 Å². The van der Waals surface area contributed by atoms with E-state index in [1.54, 1.807) is 14.2 Å². The number of methoxy groups -OCH3 is 2. The maximum atomic E-state index is 5.44. The lowest BCUT2D eigenvalue weighted by molar-refractivity contribution is 0.356. The van der Waals surface area contributed by atoms with Crippen LogP contribution in [0.15, 0.2) is 12.1 Å². The zero-order chi connectivity index (χ0) is 15.0. The van der Waals surface area contributed by atoms with Gasteiger partial charge in [0.05, 0.1) is 19.7 Å². The molecule has 0 atom stereocenters. The van der Waals surface area contributed by atoms with Gasteiger partial charge >= 0.3 is 0 Å². The molecule has 1 aliphatic rings. The van der Waals surface area contributed by atoms with E-state index in [9.17, 15) is 0 Å². The molecule has 21 heavy (non-hydrogen) atoms. The molecule has 1 N–H and O–H groups in total. The molecule has 112 valence electrons. The standard InChI is InChI=1S/C17H22N2O2/c1-10(2)18-17-11-6-5-7-13(11)19-14-9-16(21-4)15(20-3)8-12(14)17/h8-10H,5-7H2,1-4H3,(H,18,19). The molecule has 1 heterocycles. The third-order valence-electron chi connectivity index (χ3n) is 3.95.